The summed E-state index contributed by atoms with van der Waals surface area (Å²) < 4.78 is 31.8. The first kappa shape index (κ1) is 16.7. The molecule has 1 amide bonds. The maximum absolute atomic E-state index is 12.0. The van der Waals surface area contributed by atoms with Gasteiger partial charge in [-0.15, -0.1) is 0 Å². The van der Waals surface area contributed by atoms with Gasteiger partial charge in [-0.3, -0.25) is 0 Å². The lowest BCUT2D eigenvalue weighted by Crippen LogP contribution is -2.49. The van der Waals surface area contributed by atoms with Crippen LogP contribution in [0.3, 0.4) is 0 Å². The number of amides is 1. The van der Waals surface area contributed by atoms with E-state index in [0.717, 1.165) is 0 Å². The SMILES string of the molecule is CN(C)S(=O)(=O)N1CCC(NC(=O)Oc2ccccc2)CC1. The van der Waals surface area contributed by atoms with E-state index in [-0.39, 0.29) is 6.04 Å². The van der Waals surface area contributed by atoms with Crippen molar-refractivity contribution in [2.75, 3.05) is 27.2 Å². The topological polar surface area (TPSA) is 79.0 Å². The Kier molecular flexibility index (Phi) is 5.38. The second-order valence-electron chi connectivity index (χ2n) is 5.31. The summed E-state index contributed by atoms with van der Waals surface area (Å²) in [4.78, 5) is 11.8. The van der Waals surface area contributed by atoms with Gasteiger partial charge in [0.1, 0.15) is 5.75 Å². The molecule has 1 aromatic rings. The summed E-state index contributed by atoms with van der Waals surface area (Å²) >= 11 is 0. The van der Waals surface area contributed by atoms with E-state index in [4.69, 9.17) is 4.74 Å². The normalized spacial score (nSPS) is 17.4. The Bertz CT molecular complexity index is 596. The molecule has 122 valence electrons. The zero-order valence-electron chi connectivity index (χ0n) is 12.7. The van der Waals surface area contributed by atoms with Crippen LogP contribution in [0.25, 0.3) is 0 Å². The van der Waals surface area contributed by atoms with E-state index in [0.29, 0.717) is 31.7 Å². The van der Waals surface area contributed by atoms with Crippen LogP contribution in [-0.2, 0) is 10.2 Å². The second-order valence-corrected chi connectivity index (χ2v) is 7.45. The first-order valence-electron chi connectivity index (χ1n) is 7.10. The maximum atomic E-state index is 12.0. The van der Waals surface area contributed by atoms with Gasteiger partial charge in [-0.2, -0.15) is 17.0 Å². The molecule has 1 N–H and O–H groups in total. The van der Waals surface area contributed by atoms with Gasteiger partial charge in [0.25, 0.3) is 10.2 Å². The minimum Gasteiger partial charge on any atom is -0.410 e. The minimum atomic E-state index is -3.38. The number of hydrogen-bond donors (Lipinski definition) is 1. The van der Waals surface area contributed by atoms with Gasteiger partial charge < -0.3 is 10.1 Å². The summed E-state index contributed by atoms with van der Waals surface area (Å²) in [6.45, 7) is 0.771. The Morgan fingerprint density at radius 3 is 2.36 bits per heavy atom. The molecule has 1 saturated heterocycles. The number of carbonyl (C=O) groups is 1. The molecule has 1 heterocycles. The summed E-state index contributed by atoms with van der Waals surface area (Å²) in [7, 11) is -0.356. The van der Waals surface area contributed by atoms with Crippen molar-refractivity contribution in [3.05, 3.63) is 30.3 Å². The van der Waals surface area contributed by atoms with Gasteiger partial charge in [-0.05, 0) is 25.0 Å². The molecule has 8 heteroatoms. The summed E-state index contributed by atoms with van der Waals surface area (Å²) in [5.41, 5.74) is 0. The second kappa shape index (κ2) is 7.08. The van der Waals surface area contributed by atoms with Crippen molar-refractivity contribution in [1.29, 1.82) is 0 Å². The van der Waals surface area contributed by atoms with Gasteiger partial charge in [-0.1, -0.05) is 18.2 Å². The highest BCUT2D eigenvalue weighted by molar-refractivity contribution is 7.86. The van der Waals surface area contributed by atoms with Crippen LogP contribution in [0.4, 0.5) is 4.79 Å². The molecule has 0 spiro atoms. The molecular weight excluding hydrogens is 306 g/mol. The van der Waals surface area contributed by atoms with Crippen LogP contribution in [0.1, 0.15) is 12.8 Å². The van der Waals surface area contributed by atoms with Gasteiger partial charge in [-0.25, -0.2) is 4.79 Å². The summed E-state index contributed by atoms with van der Waals surface area (Å²) in [5.74, 6) is 0.479. The molecule has 22 heavy (non-hydrogen) atoms. The molecule has 0 unspecified atom stereocenters. The Hall–Kier alpha value is -1.64. The molecule has 1 aliphatic rings. The quantitative estimate of drug-likeness (QED) is 0.896. The number of piperidine rings is 1. The summed E-state index contributed by atoms with van der Waals surface area (Å²) in [6.07, 6.45) is 0.619. The molecule has 0 bridgehead atoms. The Labute approximate surface area is 131 Å². The van der Waals surface area contributed by atoms with Crippen molar-refractivity contribution in [3.63, 3.8) is 0 Å². The molecule has 0 aromatic heterocycles. The van der Waals surface area contributed by atoms with E-state index >= 15 is 0 Å². The van der Waals surface area contributed by atoms with E-state index in [2.05, 4.69) is 5.32 Å². The number of hydrogen-bond acceptors (Lipinski definition) is 4. The average molecular weight is 327 g/mol. The van der Waals surface area contributed by atoms with E-state index < -0.39 is 16.3 Å². The largest absolute Gasteiger partial charge is 0.412 e. The molecular formula is C14H21N3O4S. The molecule has 1 aromatic carbocycles. The van der Waals surface area contributed by atoms with E-state index in [1.54, 1.807) is 24.3 Å². The van der Waals surface area contributed by atoms with Crippen LogP contribution in [-0.4, -0.2) is 56.3 Å². The monoisotopic (exact) mass is 327 g/mol. The van der Waals surface area contributed by atoms with E-state index in [1.807, 2.05) is 6.07 Å². The van der Waals surface area contributed by atoms with Gasteiger partial charge in [0.15, 0.2) is 0 Å². The van der Waals surface area contributed by atoms with Crippen molar-refractivity contribution >= 4 is 16.3 Å². The van der Waals surface area contributed by atoms with Crippen LogP contribution >= 0.6 is 0 Å². The van der Waals surface area contributed by atoms with E-state index in [1.165, 1.54) is 22.7 Å². The molecule has 1 fully saturated rings. The summed E-state index contributed by atoms with van der Waals surface area (Å²) in [5, 5.41) is 2.77. The molecule has 1 aliphatic heterocycles. The predicted octanol–water partition coefficient (Wildman–Crippen LogP) is 1.05. The molecule has 0 radical (unpaired) electrons. The Morgan fingerprint density at radius 2 is 1.82 bits per heavy atom. The first-order valence-corrected chi connectivity index (χ1v) is 8.50. The van der Waals surface area contributed by atoms with Crippen LogP contribution in [0.5, 0.6) is 5.75 Å². The minimum absolute atomic E-state index is 0.0789. The van der Waals surface area contributed by atoms with Crippen LogP contribution in [0.2, 0.25) is 0 Å². The molecule has 7 nitrogen and oxygen atoms in total. The number of ether oxygens (including phenoxy) is 1. The fraction of sp³-hybridized carbons (Fsp3) is 0.500. The first-order chi connectivity index (χ1) is 10.4. The highest BCUT2D eigenvalue weighted by Crippen LogP contribution is 2.16. The van der Waals surface area contributed by atoms with Gasteiger partial charge in [0.2, 0.25) is 0 Å². The number of benzene rings is 1. The third-order valence-electron chi connectivity index (χ3n) is 3.52. The third kappa shape index (κ3) is 4.19. The Balaban J connectivity index is 1.81. The number of nitrogens with one attached hydrogen (secondary N) is 1. The zero-order chi connectivity index (χ0) is 16.2. The molecule has 0 saturated carbocycles. The highest BCUT2D eigenvalue weighted by atomic mass is 32.2. The van der Waals surface area contributed by atoms with Crippen molar-refractivity contribution in [2.45, 2.75) is 18.9 Å². The number of nitrogens with zero attached hydrogens (tertiary/aromatic N) is 2. The average Bonchev–Trinajstić information content (AvgIpc) is 2.48. The number of carbonyl (C=O) groups excluding carboxylic acids is 1. The summed E-state index contributed by atoms with van der Waals surface area (Å²) in [6, 6.07) is 8.73. The van der Waals surface area contributed by atoms with Crippen molar-refractivity contribution in [1.82, 2.24) is 13.9 Å². The van der Waals surface area contributed by atoms with Gasteiger partial charge in [0, 0.05) is 33.2 Å². The number of rotatable bonds is 4. The lowest BCUT2D eigenvalue weighted by molar-refractivity contribution is 0.188. The fourth-order valence-corrected chi connectivity index (χ4v) is 3.39. The zero-order valence-corrected chi connectivity index (χ0v) is 13.5. The molecule has 2 rings (SSSR count). The van der Waals surface area contributed by atoms with Crippen molar-refractivity contribution in [3.8, 4) is 5.75 Å². The predicted molar refractivity (Wildman–Crippen MR) is 82.8 cm³/mol. The van der Waals surface area contributed by atoms with Crippen LogP contribution < -0.4 is 10.1 Å². The number of para-hydroxylation sites is 1. The van der Waals surface area contributed by atoms with Crippen molar-refractivity contribution in [2.24, 2.45) is 0 Å². The lowest BCUT2D eigenvalue weighted by atomic mass is 10.1. The van der Waals surface area contributed by atoms with Crippen molar-refractivity contribution < 1.29 is 17.9 Å². The van der Waals surface area contributed by atoms with Gasteiger partial charge in [0.05, 0.1) is 0 Å². The molecule has 0 aliphatic carbocycles. The maximum Gasteiger partial charge on any atom is 0.412 e. The molecule has 0 atom stereocenters. The van der Waals surface area contributed by atoms with E-state index in [9.17, 15) is 13.2 Å². The smallest absolute Gasteiger partial charge is 0.410 e. The standard InChI is InChI=1S/C14H21N3O4S/c1-16(2)22(19,20)17-10-8-12(9-11-17)15-14(18)21-13-6-4-3-5-7-13/h3-7,12H,8-11H2,1-2H3,(H,15,18). The van der Waals surface area contributed by atoms with Crippen LogP contribution in [0, 0.1) is 0 Å². The Morgan fingerprint density at radius 1 is 1.23 bits per heavy atom. The van der Waals surface area contributed by atoms with Crippen LogP contribution in [0.15, 0.2) is 30.3 Å². The third-order valence-corrected chi connectivity index (χ3v) is 5.46. The lowest BCUT2D eigenvalue weighted by Gasteiger charge is -2.32. The van der Waals surface area contributed by atoms with Gasteiger partial charge >= 0.3 is 6.09 Å². The highest BCUT2D eigenvalue weighted by Gasteiger charge is 2.30. The fourth-order valence-electron chi connectivity index (χ4n) is 2.25.